The fourth-order valence-corrected chi connectivity index (χ4v) is 2.54. The average Bonchev–Trinajstić information content (AvgIpc) is 2.83. The Morgan fingerprint density at radius 2 is 2.12 bits per heavy atom. The number of rotatable bonds is 3. The monoisotopic (exact) mass is 241 g/mol. The molecule has 0 bridgehead atoms. The zero-order valence-corrected chi connectivity index (χ0v) is 10.6. The molecular formula is C12H23N3O2. The largest absolute Gasteiger partial charge is 0.379 e. The number of hydrogen-bond donors (Lipinski definition) is 2. The highest BCUT2D eigenvalue weighted by atomic mass is 16.5. The lowest BCUT2D eigenvalue weighted by atomic mass is 9.97. The van der Waals surface area contributed by atoms with E-state index in [1.165, 1.54) is 0 Å². The summed E-state index contributed by atoms with van der Waals surface area (Å²) in [7, 11) is 1.99. The molecule has 2 aliphatic rings. The number of hydrogen-bond acceptors (Lipinski definition) is 3. The quantitative estimate of drug-likeness (QED) is 0.753. The summed E-state index contributed by atoms with van der Waals surface area (Å²) < 4.78 is 5.25. The lowest BCUT2D eigenvalue weighted by Gasteiger charge is -2.32. The average molecular weight is 241 g/mol. The Balaban J connectivity index is 1.70. The smallest absolute Gasteiger partial charge is 0.317 e. The van der Waals surface area contributed by atoms with Gasteiger partial charge in [0.15, 0.2) is 0 Å². The van der Waals surface area contributed by atoms with Crippen LogP contribution in [0.1, 0.15) is 19.3 Å². The van der Waals surface area contributed by atoms with Gasteiger partial charge in [0.05, 0.1) is 12.6 Å². The van der Waals surface area contributed by atoms with Crippen molar-refractivity contribution in [2.75, 3.05) is 39.9 Å². The Morgan fingerprint density at radius 1 is 1.35 bits per heavy atom. The van der Waals surface area contributed by atoms with E-state index in [0.29, 0.717) is 6.61 Å². The molecule has 0 aromatic rings. The second-order valence-electron chi connectivity index (χ2n) is 5.00. The van der Waals surface area contributed by atoms with Crippen molar-refractivity contribution in [3.63, 3.8) is 0 Å². The minimum atomic E-state index is 0.0865. The van der Waals surface area contributed by atoms with E-state index in [-0.39, 0.29) is 12.1 Å². The van der Waals surface area contributed by atoms with Crippen LogP contribution in [-0.4, -0.2) is 56.9 Å². The Hall–Kier alpha value is -0.810. The van der Waals surface area contributed by atoms with Crippen molar-refractivity contribution in [1.82, 2.24) is 15.5 Å². The van der Waals surface area contributed by atoms with Crippen LogP contribution in [0.4, 0.5) is 4.79 Å². The number of urea groups is 1. The van der Waals surface area contributed by atoms with Crippen LogP contribution < -0.4 is 10.6 Å². The van der Waals surface area contributed by atoms with Crippen molar-refractivity contribution in [3.05, 3.63) is 0 Å². The van der Waals surface area contributed by atoms with Crippen molar-refractivity contribution < 1.29 is 9.53 Å². The molecule has 1 unspecified atom stereocenters. The van der Waals surface area contributed by atoms with Crippen LogP contribution in [-0.2, 0) is 4.74 Å². The van der Waals surface area contributed by atoms with Gasteiger partial charge in [-0.05, 0) is 38.8 Å². The topological polar surface area (TPSA) is 53.6 Å². The molecule has 0 saturated carbocycles. The fraction of sp³-hybridized carbons (Fsp3) is 0.917. The van der Waals surface area contributed by atoms with Gasteiger partial charge in [-0.15, -0.1) is 0 Å². The normalized spacial score (nSPS) is 26.2. The van der Waals surface area contributed by atoms with Gasteiger partial charge in [-0.2, -0.15) is 0 Å². The number of nitrogens with one attached hydrogen (secondary N) is 2. The summed E-state index contributed by atoms with van der Waals surface area (Å²) in [5.74, 6) is 0.721. The summed E-state index contributed by atoms with van der Waals surface area (Å²) in [6.07, 6.45) is 3.16. The van der Waals surface area contributed by atoms with E-state index < -0.39 is 0 Å². The molecule has 2 amide bonds. The summed E-state index contributed by atoms with van der Waals surface area (Å²) >= 11 is 0. The Kier molecular flexibility index (Phi) is 4.62. The first-order valence-electron chi connectivity index (χ1n) is 6.57. The van der Waals surface area contributed by atoms with Gasteiger partial charge in [-0.1, -0.05) is 0 Å². The highest BCUT2D eigenvalue weighted by molar-refractivity contribution is 5.74. The molecule has 0 aromatic heterocycles. The highest BCUT2D eigenvalue weighted by Crippen LogP contribution is 2.16. The molecule has 0 aromatic carbocycles. The van der Waals surface area contributed by atoms with Crippen LogP contribution in [0.5, 0.6) is 0 Å². The first kappa shape index (κ1) is 12.6. The number of piperidine rings is 1. The number of carbonyl (C=O) groups excluding carboxylic acids is 1. The van der Waals surface area contributed by atoms with E-state index in [1.54, 1.807) is 0 Å². The van der Waals surface area contributed by atoms with E-state index in [1.807, 2.05) is 11.9 Å². The molecule has 2 saturated heterocycles. The molecule has 0 spiro atoms. The zero-order valence-electron chi connectivity index (χ0n) is 10.6. The van der Waals surface area contributed by atoms with E-state index in [9.17, 15) is 4.79 Å². The Bertz CT molecular complexity index is 246. The minimum Gasteiger partial charge on any atom is -0.379 e. The van der Waals surface area contributed by atoms with Gasteiger partial charge < -0.3 is 20.3 Å². The molecule has 2 fully saturated rings. The fourth-order valence-electron chi connectivity index (χ4n) is 2.54. The number of nitrogens with zero attached hydrogens (tertiary/aromatic N) is 1. The summed E-state index contributed by atoms with van der Waals surface area (Å²) in [4.78, 5) is 13.9. The van der Waals surface area contributed by atoms with Crippen molar-refractivity contribution in [1.29, 1.82) is 0 Å². The lowest BCUT2D eigenvalue weighted by molar-refractivity contribution is 0.161. The van der Waals surface area contributed by atoms with Crippen molar-refractivity contribution in [2.45, 2.75) is 25.3 Å². The molecule has 0 radical (unpaired) electrons. The number of carbonyl (C=O) groups is 1. The molecule has 5 heteroatoms. The maximum atomic E-state index is 12.0. The molecule has 1 atom stereocenters. The SMILES string of the molecule is CNCC1CCN(C(=O)NC2CCOC2)CC1. The molecule has 2 rings (SSSR count). The van der Waals surface area contributed by atoms with E-state index in [0.717, 1.165) is 51.4 Å². The predicted octanol–water partition coefficient (Wildman–Crippen LogP) is 0.416. The van der Waals surface area contributed by atoms with E-state index in [4.69, 9.17) is 4.74 Å². The van der Waals surface area contributed by atoms with Crippen molar-refractivity contribution >= 4 is 6.03 Å². The molecule has 5 nitrogen and oxygen atoms in total. The van der Waals surface area contributed by atoms with Gasteiger partial charge in [0.2, 0.25) is 0 Å². The maximum absolute atomic E-state index is 12.0. The van der Waals surface area contributed by atoms with Gasteiger partial charge in [0, 0.05) is 19.7 Å². The van der Waals surface area contributed by atoms with Crippen LogP contribution in [0.3, 0.4) is 0 Å². The third-order valence-corrected chi connectivity index (χ3v) is 3.65. The van der Waals surface area contributed by atoms with E-state index >= 15 is 0 Å². The van der Waals surface area contributed by atoms with Gasteiger partial charge in [0.25, 0.3) is 0 Å². The van der Waals surface area contributed by atoms with Gasteiger partial charge in [0.1, 0.15) is 0 Å². The predicted molar refractivity (Wildman–Crippen MR) is 66.0 cm³/mol. The number of likely N-dealkylation sites (tertiary alicyclic amines) is 1. The van der Waals surface area contributed by atoms with Crippen LogP contribution >= 0.6 is 0 Å². The summed E-state index contributed by atoms with van der Waals surface area (Å²) in [5, 5.41) is 6.25. The molecule has 2 heterocycles. The number of amides is 2. The first-order valence-corrected chi connectivity index (χ1v) is 6.57. The third kappa shape index (κ3) is 3.57. The Labute approximate surface area is 103 Å². The molecule has 0 aliphatic carbocycles. The number of ether oxygens (including phenoxy) is 1. The lowest BCUT2D eigenvalue weighted by Crippen LogP contribution is -2.48. The molecule has 98 valence electrons. The summed E-state index contributed by atoms with van der Waals surface area (Å²) in [6, 6.07) is 0.306. The first-order chi connectivity index (χ1) is 8.29. The second-order valence-corrected chi connectivity index (χ2v) is 5.00. The Morgan fingerprint density at radius 3 is 2.71 bits per heavy atom. The molecule has 17 heavy (non-hydrogen) atoms. The van der Waals surface area contributed by atoms with E-state index in [2.05, 4.69) is 10.6 Å². The third-order valence-electron chi connectivity index (χ3n) is 3.65. The van der Waals surface area contributed by atoms with Crippen LogP contribution in [0.15, 0.2) is 0 Å². The second kappa shape index (κ2) is 6.21. The van der Waals surface area contributed by atoms with Gasteiger partial charge in [-0.25, -0.2) is 4.79 Å². The van der Waals surface area contributed by atoms with Crippen molar-refractivity contribution in [3.8, 4) is 0 Å². The standard InChI is InChI=1S/C12H23N3O2/c1-13-8-10-2-5-15(6-3-10)12(16)14-11-4-7-17-9-11/h10-11,13H,2-9H2,1H3,(H,14,16). The van der Waals surface area contributed by atoms with Gasteiger partial charge >= 0.3 is 6.03 Å². The minimum absolute atomic E-state index is 0.0865. The van der Waals surface area contributed by atoms with Crippen LogP contribution in [0, 0.1) is 5.92 Å². The highest BCUT2D eigenvalue weighted by Gasteiger charge is 2.25. The summed E-state index contributed by atoms with van der Waals surface area (Å²) in [5.41, 5.74) is 0. The van der Waals surface area contributed by atoms with Crippen LogP contribution in [0.2, 0.25) is 0 Å². The van der Waals surface area contributed by atoms with Crippen LogP contribution in [0.25, 0.3) is 0 Å². The summed E-state index contributed by atoms with van der Waals surface area (Å²) in [6.45, 7) is 4.26. The van der Waals surface area contributed by atoms with Gasteiger partial charge in [-0.3, -0.25) is 0 Å². The molecule has 2 N–H and O–H groups in total. The molecule has 2 aliphatic heterocycles. The maximum Gasteiger partial charge on any atom is 0.317 e. The molecular weight excluding hydrogens is 218 g/mol. The van der Waals surface area contributed by atoms with Crippen molar-refractivity contribution in [2.24, 2.45) is 5.92 Å². The zero-order chi connectivity index (χ0) is 12.1.